The summed E-state index contributed by atoms with van der Waals surface area (Å²) in [4.78, 5) is 11.5. The number of hydrogen-bond donors (Lipinski definition) is 0. The fourth-order valence-corrected chi connectivity index (χ4v) is 2.15. The molecule has 0 saturated carbocycles. The standard InChI is InChI=1S/C15H20O2Si/c1-11-9-13(15(16)17-3)10-12(2)14(11)7-8-18(4,5)6/h9-10H,1-6H3. The summed E-state index contributed by atoms with van der Waals surface area (Å²) in [5.74, 6) is 2.96. The largest absolute Gasteiger partial charge is 0.465 e. The molecule has 0 aromatic heterocycles. The molecule has 1 aromatic carbocycles. The minimum absolute atomic E-state index is 0.300. The number of aryl methyl sites for hydroxylation is 2. The van der Waals surface area contributed by atoms with Crippen LogP contribution in [0.1, 0.15) is 27.0 Å². The second-order valence-corrected chi connectivity index (χ2v) is 10.2. The maximum Gasteiger partial charge on any atom is 0.337 e. The van der Waals surface area contributed by atoms with Crippen molar-refractivity contribution in [3.05, 3.63) is 34.4 Å². The third kappa shape index (κ3) is 3.75. The fraction of sp³-hybridized carbons (Fsp3) is 0.400. The van der Waals surface area contributed by atoms with Crippen LogP contribution in [0.25, 0.3) is 0 Å². The van der Waals surface area contributed by atoms with Crippen molar-refractivity contribution >= 4 is 14.0 Å². The van der Waals surface area contributed by atoms with Crippen LogP contribution in [-0.4, -0.2) is 21.2 Å². The van der Waals surface area contributed by atoms with Crippen LogP contribution in [0.15, 0.2) is 12.1 Å². The van der Waals surface area contributed by atoms with Crippen molar-refractivity contribution < 1.29 is 9.53 Å². The van der Waals surface area contributed by atoms with Crippen molar-refractivity contribution in [3.63, 3.8) is 0 Å². The predicted molar refractivity (Wildman–Crippen MR) is 77.5 cm³/mol. The number of rotatable bonds is 1. The van der Waals surface area contributed by atoms with Gasteiger partial charge in [0.05, 0.1) is 12.7 Å². The Hall–Kier alpha value is -1.53. The van der Waals surface area contributed by atoms with Gasteiger partial charge >= 0.3 is 5.97 Å². The summed E-state index contributed by atoms with van der Waals surface area (Å²) in [5, 5.41) is 0. The molecule has 0 unspecified atom stereocenters. The topological polar surface area (TPSA) is 26.3 Å². The molecule has 0 heterocycles. The smallest absolute Gasteiger partial charge is 0.337 e. The van der Waals surface area contributed by atoms with E-state index in [2.05, 4.69) is 31.1 Å². The zero-order valence-corrected chi connectivity index (χ0v) is 13.0. The van der Waals surface area contributed by atoms with E-state index in [1.54, 1.807) is 0 Å². The Morgan fingerprint density at radius 2 is 1.67 bits per heavy atom. The number of benzene rings is 1. The highest BCUT2D eigenvalue weighted by Crippen LogP contribution is 2.16. The van der Waals surface area contributed by atoms with E-state index in [1.807, 2.05) is 26.0 Å². The van der Waals surface area contributed by atoms with E-state index in [0.717, 1.165) is 16.7 Å². The van der Waals surface area contributed by atoms with Crippen LogP contribution >= 0.6 is 0 Å². The van der Waals surface area contributed by atoms with Gasteiger partial charge in [-0.25, -0.2) is 4.79 Å². The van der Waals surface area contributed by atoms with E-state index >= 15 is 0 Å². The number of carbonyl (C=O) groups is 1. The van der Waals surface area contributed by atoms with Crippen molar-refractivity contribution in [2.45, 2.75) is 33.5 Å². The normalized spacial score (nSPS) is 10.6. The van der Waals surface area contributed by atoms with E-state index in [-0.39, 0.29) is 5.97 Å². The molecule has 0 aliphatic carbocycles. The summed E-state index contributed by atoms with van der Waals surface area (Å²) in [6.07, 6.45) is 0. The Labute approximate surface area is 110 Å². The molecule has 0 saturated heterocycles. The van der Waals surface area contributed by atoms with Gasteiger partial charge in [-0.15, -0.1) is 5.54 Å². The minimum Gasteiger partial charge on any atom is -0.465 e. The summed E-state index contributed by atoms with van der Waals surface area (Å²) in [6, 6.07) is 3.68. The highest BCUT2D eigenvalue weighted by molar-refractivity contribution is 6.83. The number of hydrogen-bond acceptors (Lipinski definition) is 2. The maximum absolute atomic E-state index is 11.5. The van der Waals surface area contributed by atoms with Gasteiger partial charge in [0.15, 0.2) is 0 Å². The first-order chi connectivity index (χ1) is 8.24. The molecule has 0 radical (unpaired) electrons. The van der Waals surface area contributed by atoms with Gasteiger partial charge in [-0.3, -0.25) is 0 Å². The lowest BCUT2D eigenvalue weighted by molar-refractivity contribution is 0.0600. The number of methoxy groups -OCH3 is 1. The molecule has 1 aromatic rings. The van der Waals surface area contributed by atoms with Crippen molar-refractivity contribution in [2.75, 3.05) is 7.11 Å². The lowest BCUT2D eigenvalue weighted by Crippen LogP contribution is -2.16. The van der Waals surface area contributed by atoms with Crippen molar-refractivity contribution in [2.24, 2.45) is 0 Å². The SMILES string of the molecule is COC(=O)c1cc(C)c(C#C[Si](C)(C)C)c(C)c1. The molecule has 0 N–H and O–H groups in total. The predicted octanol–water partition coefficient (Wildman–Crippen LogP) is 3.32. The van der Waals surface area contributed by atoms with Crippen LogP contribution < -0.4 is 0 Å². The molecule has 0 aliphatic heterocycles. The molecular weight excluding hydrogens is 240 g/mol. The van der Waals surface area contributed by atoms with E-state index in [0.29, 0.717) is 5.56 Å². The summed E-state index contributed by atoms with van der Waals surface area (Å²) in [6.45, 7) is 10.6. The van der Waals surface area contributed by atoms with E-state index in [1.165, 1.54) is 7.11 Å². The molecule has 0 fully saturated rings. The van der Waals surface area contributed by atoms with Crippen LogP contribution in [0.4, 0.5) is 0 Å². The second kappa shape index (κ2) is 5.41. The van der Waals surface area contributed by atoms with Crippen molar-refractivity contribution in [1.29, 1.82) is 0 Å². The Kier molecular flexibility index (Phi) is 4.36. The number of esters is 1. The van der Waals surface area contributed by atoms with Crippen LogP contribution in [0, 0.1) is 25.3 Å². The van der Waals surface area contributed by atoms with Gasteiger partial charge in [0.25, 0.3) is 0 Å². The average molecular weight is 260 g/mol. The van der Waals surface area contributed by atoms with Crippen molar-refractivity contribution in [3.8, 4) is 11.5 Å². The average Bonchev–Trinajstić information content (AvgIpc) is 2.25. The van der Waals surface area contributed by atoms with Gasteiger partial charge in [-0.1, -0.05) is 25.6 Å². The lowest BCUT2D eigenvalue weighted by Gasteiger charge is -2.08. The van der Waals surface area contributed by atoms with E-state index in [9.17, 15) is 4.79 Å². The first-order valence-corrected chi connectivity index (χ1v) is 9.47. The molecule has 18 heavy (non-hydrogen) atoms. The van der Waals surface area contributed by atoms with Crippen LogP contribution in [0.3, 0.4) is 0 Å². The lowest BCUT2D eigenvalue weighted by atomic mass is 10.00. The Balaban J connectivity index is 3.24. The molecule has 0 bridgehead atoms. The van der Waals surface area contributed by atoms with E-state index in [4.69, 9.17) is 4.74 Å². The Morgan fingerprint density at radius 1 is 1.17 bits per heavy atom. The molecule has 0 atom stereocenters. The van der Waals surface area contributed by atoms with Crippen LogP contribution in [0.2, 0.25) is 19.6 Å². The van der Waals surface area contributed by atoms with Gasteiger partial charge in [-0.2, -0.15) is 0 Å². The number of carbonyl (C=O) groups excluding carboxylic acids is 1. The highest BCUT2D eigenvalue weighted by atomic mass is 28.3. The van der Waals surface area contributed by atoms with Gasteiger partial charge < -0.3 is 4.74 Å². The maximum atomic E-state index is 11.5. The molecule has 3 heteroatoms. The molecule has 2 nitrogen and oxygen atoms in total. The molecule has 96 valence electrons. The third-order valence-corrected chi connectivity index (χ3v) is 3.39. The van der Waals surface area contributed by atoms with Crippen LogP contribution in [0.5, 0.6) is 0 Å². The second-order valence-electron chi connectivity index (χ2n) is 5.48. The molecule has 1 rings (SSSR count). The first kappa shape index (κ1) is 14.5. The van der Waals surface area contributed by atoms with Crippen molar-refractivity contribution in [1.82, 2.24) is 0 Å². The van der Waals surface area contributed by atoms with Gasteiger partial charge in [-0.05, 0) is 37.1 Å². The summed E-state index contributed by atoms with van der Waals surface area (Å²) >= 11 is 0. The molecule has 0 aliphatic rings. The summed E-state index contributed by atoms with van der Waals surface area (Å²) < 4.78 is 4.73. The highest BCUT2D eigenvalue weighted by Gasteiger charge is 2.11. The quantitative estimate of drug-likeness (QED) is 0.440. The molecule has 0 amide bonds. The number of ether oxygens (including phenoxy) is 1. The zero-order chi connectivity index (χ0) is 13.9. The molecular formula is C15H20O2Si. The van der Waals surface area contributed by atoms with Gasteiger partial charge in [0.1, 0.15) is 8.07 Å². The monoisotopic (exact) mass is 260 g/mol. The Morgan fingerprint density at radius 3 is 2.06 bits per heavy atom. The van der Waals surface area contributed by atoms with Crippen LogP contribution in [-0.2, 0) is 4.74 Å². The van der Waals surface area contributed by atoms with Gasteiger partial charge in [0, 0.05) is 5.56 Å². The van der Waals surface area contributed by atoms with Gasteiger partial charge in [0.2, 0.25) is 0 Å². The summed E-state index contributed by atoms with van der Waals surface area (Å²) in [5.41, 5.74) is 7.03. The zero-order valence-electron chi connectivity index (χ0n) is 12.0. The minimum atomic E-state index is -1.38. The van der Waals surface area contributed by atoms with E-state index < -0.39 is 8.07 Å². The molecule has 0 spiro atoms. The Bertz CT molecular complexity index is 505. The summed E-state index contributed by atoms with van der Waals surface area (Å²) in [7, 11) is 0.0139. The third-order valence-electron chi connectivity index (χ3n) is 2.52. The first-order valence-electron chi connectivity index (χ1n) is 5.97. The fourth-order valence-electron chi connectivity index (χ4n) is 1.65.